The minimum atomic E-state index is -4.15. The molecule has 0 aliphatic carbocycles. The number of nitrogens with zero attached hydrogens (tertiary/aromatic N) is 5. The van der Waals surface area contributed by atoms with Gasteiger partial charge in [-0.15, -0.1) is 0 Å². The summed E-state index contributed by atoms with van der Waals surface area (Å²) < 4.78 is 34.7. The number of nitrogens with one attached hydrogen (secondary N) is 1. The molecule has 0 bridgehead atoms. The first-order valence-electron chi connectivity index (χ1n) is 14.7. The quantitative estimate of drug-likeness (QED) is 0.272. The van der Waals surface area contributed by atoms with E-state index in [9.17, 15) is 18.9 Å². The maximum Gasteiger partial charge on any atom is 0.409 e. The molecule has 4 rings (SSSR count). The SMILES string of the molecule is CCCCOC(=O)N1CCN(C(=O)C(NC(=O)c2cc(N3CCC(OC)C3)nc(-c3ccccc3)n2)P(=O)(OC)OC)CC1. The summed E-state index contributed by atoms with van der Waals surface area (Å²) in [4.78, 5) is 54.0. The number of hydrogen-bond acceptors (Lipinski definition) is 11. The molecule has 1 N–H and O–H groups in total. The van der Waals surface area contributed by atoms with Crippen LogP contribution in [-0.4, -0.2) is 117 Å². The normalized spacial score (nSPS) is 17.8. The van der Waals surface area contributed by atoms with Crippen molar-refractivity contribution >= 4 is 31.3 Å². The predicted octanol–water partition coefficient (Wildman–Crippen LogP) is 2.99. The van der Waals surface area contributed by atoms with E-state index in [1.165, 1.54) is 15.9 Å². The van der Waals surface area contributed by atoms with Crippen LogP contribution in [-0.2, 0) is 27.9 Å². The third-order valence-corrected chi connectivity index (χ3v) is 9.68. The first-order chi connectivity index (χ1) is 21.2. The lowest BCUT2D eigenvalue weighted by Gasteiger charge is -2.36. The van der Waals surface area contributed by atoms with Crippen molar-refractivity contribution in [1.82, 2.24) is 25.1 Å². The van der Waals surface area contributed by atoms with Crippen molar-refractivity contribution in [3.8, 4) is 11.4 Å². The molecule has 2 aliphatic rings. The summed E-state index contributed by atoms with van der Waals surface area (Å²) >= 11 is 0. The van der Waals surface area contributed by atoms with E-state index in [1.807, 2.05) is 42.2 Å². The Balaban J connectivity index is 1.56. The van der Waals surface area contributed by atoms with Crippen LogP contribution < -0.4 is 10.2 Å². The summed E-state index contributed by atoms with van der Waals surface area (Å²) in [5, 5.41) is 2.58. The number of rotatable bonds is 12. The van der Waals surface area contributed by atoms with Gasteiger partial charge >= 0.3 is 13.7 Å². The van der Waals surface area contributed by atoms with E-state index in [4.69, 9.17) is 23.5 Å². The second-order valence-corrected chi connectivity index (χ2v) is 12.8. The van der Waals surface area contributed by atoms with Crippen molar-refractivity contribution < 1.29 is 37.5 Å². The lowest BCUT2D eigenvalue weighted by atomic mass is 10.2. The topological polar surface area (TPSA) is 153 Å². The molecule has 2 saturated heterocycles. The molecule has 2 unspecified atom stereocenters. The summed E-state index contributed by atoms with van der Waals surface area (Å²) in [6.07, 6.45) is 2.05. The summed E-state index contributed by atoms with van der Waals surface area (Å²) in [7, 11) is -0.200. The Bertz CT molecular complexity index is 1330. The molecule has 0 saturated carbocycles. The minimum absolute atomic E-state index is 0.0223. The number of aromatic nitrogens is 2. The summed E-state index contributed by atoms with van der Waals surface area (Å²) in [6, 6.07) is 10.7. The second-order valence-electron chi connectivity index (χ2n) is 10.5. The molecule has 1 aromatic carbocycles. The molecule has 14 nitrogen and oxygen atoms in total. The summed E-state index contributed by atoms with van der Waals surface area (Å²) in [6.45, 7) is 4.32. The van der Waals surface area contributed by atoms with E-state index >= 15 is 0 Å². The van der Waals surface area contributed by atoms with Gasteiger partial charge in [-0.1, -0.05) is 43.7 Å². The molecule has 2 aromatic rings. The van der Waals surface area contributed by atoms with Crippen molar-refractivity contribution in [2.45, 2.75) is 38.1 Å². The molecule has 3 heterocycles. The van der Waals surface area contributed by atoms with Gasteiger partial charge in [0.2, 0.25) is 5.78 Å². The molecule has 0 radical (unpaired) electrons. The Kier molecular flexibility index (Phi) is 11.7. The van der Waals surface area contributed by atoms with Gasteiger partial charge in [0.25, 0.3) is 11.8 Å². The molecule has 0 spiro atoms. The summed E-state index contributed by atoms with van der Waals surface area (Å²) in [5.41, 5.74) is 0.676. The van der Waals surface area contributed by atoms with Crippen molar-refractivity contribution in [2.75, 3.05) is 72.1 Å². The van der Waals surface area contributed by atoms with E-state index in [0.717, 1.165) is 33.5 Å². The smallest absolute Gasteiger partial charge is 0.409 e. The number of carbonyl (C=O) groups excluding carboxylic acids is 3. The van der Waals surface area contributed by atoms with Crippen LogP contribution in [0.5, 0.6) is 0 Å². The lowest BCUT2D eigenvalue weighted by molar-refractivity contribution is -0.133. The average Bonchev–Trinajstić information content (AvgIpc) is 3.56. The van der Waals surface area contributed by atoms with E-state index in [2.05, 4.69) is 10.3 Å². The monoisotopic (exact) mass is 632 g/mol. The Morgan fingerprint density at radius 2 is 1.68 bits per heavy atom. The highest BCUT2D eigenvalue weighted by atomic mass is 31.2. The van der Waals surface area contributed by atoms with Crippen molar-refractivity contribution in [1.29, 1.82) is 0 Å². The molecule has 2 atom stereocenters. The number of carbonyl (C=O) groups is 3. The maximum absolute atomic E-state index is 13.7. The number of amides is 3. The maximum atomic E-state index is 13.7. The van der Waals surface area contributed by atoms with E-state index in [-0.39, 0.29) is 38.0 Å². The van der Waals surface area contributed by atoms with Gasteiger partial charge < -0.3 is 38.5 Å². The molecular weight excluding hydrogens is 591 g/mol. The van der Waals surface area contributed by atoms with Gasteiger partial charge in [0.05, 0.1) is 12.7 Å². The third kappa shape index (κ3) is 7.92. The van der Waals surface area contributed by atoms with E-state index in [0.29, 0.717) is 36.9 Å². The first-order valence-corrected chi connectivity index (χ1v) is 16.3. The highest BCUT2D eigenvalue weighted by Gasteiger charge is 2.44. The van der Waals surface area contributed by atoms with Crippen LogP contribution in [0, 0.1) is 0 Å². The van der Waals surface area contributed by atoms with Gasteiger partial charge in [-0.25, -0.2) is 14.8 Å². The van der Waals surface area contributed by atoms with Crippen LogP contribution in [0.25, 0.3) is 11.4 Å². The minimum Gasteiger partial charge on any atom is -0.449 e. The number of piperazine rings is 1. The molecule has 44 heavy (non-hydrogen) atoms. The predicted molar refractivity (Wildman–Crippen MR) is 162 cm³/mol. The second kappa shape index (κ2) is 15.4. The number of hydrogen-bond donors (Lipinski definition) is 1. The van der Waals surface area contributed by atoms with Gasteiger partial charge in [0.1, 0.15) is 11.5 Å². The highest BCUT2D eigenvalue weighted by Crippen LogP contribution is 2.51. The highest BCUT2D eigenvalue weighted by molar-refractivity contribution is 7.55. The Morgan fingerprint density at radius 1 is 1.00 bits per heavy atom. The summed E-state index contributed by atoms with van der Waals surface area (Å²) in [5.74, 6) is -2.23. The van der Waals surface area contributed by atoms with Crippen LogP contribution >= 0.6 is 7.60 Å². The van der Waals surface area contributed by atoms with Gasteiger partial charge in [-0.3, -0.25) is 14.2 Å². The Labute approximate surface area is 257 Å². The zero-order valence-electron chi connectivity index (χ0n) is 25.6. The molecule has 240 valence electrons. The van der Waals surface area contributed by atoms with E-state index in [1.54, 1.807) is 7.11 Å². The first kappa shape index (κ1) is 33.3. The number of ether oxygens (including phenoxy) is 2. The molecule has 1 aromatic heterocycles. The van der Waals surface area contributed by atoms with Gasteiger partial charge in [0.15, 0.2) is 5.82 Å². The standard InChI is InChI=1S/C29H41N6O8P/c1-5-6-18-43-29(38)34-16-14-33(15-17-34)28(37)27(44(39,41-3)42-4)32-26(36)23-19-24(35-13-12-22(20-35)40-2)31-25(30-23)21-10-8-7-9-11-21/h7-11,19,22,27H,5-6,12-18,20H2,1-4H3,(H,32,36). The fraction of sp³-hybridized carbons (Fsp3) is 0.552. The van der Waals surface area contributed by atoms with Crippen LogP contribution in [0.15, 0.2) is 36.4 Å². The van der Waals surface area contributed by atoms with Gasteiger partial charge in [-0.05, 0) is 12.8 Å². The van der Waals surface area contributed by atoms with Crippen LogP contribution in [0.4, 0.5) is 10.6 Å². The number of methoxy groups -OCH3 is 1. The Morgan fingerprint density at radius 3 is 2.30 bits per heavy atom. The zero-order chi connectivity index (χ0) is 31.7. The molecule has 15 heteroatoms. The fourth-order valence-electron chi connectivity index (χ4n) is 4.99. The molecular formula is C29H41N6O8P. The third-order valence-electron chi connectivity index (χ3n) is 7.68. The molecule has 3 amide bonds. The fourth-order valence-corrected chi connectivity index (χ4v) is 6.27. The van der Waals surface area contributed by atoms with Crippen molar-refractivity contribution in [2.24, 2.45) is 0 Å². The zero-order valence-corrected chi connectivity index (χ0v) is 26.5. The Hall–Kier alpha value is -3.58. The van der Waals surface area contributed by atoms with Crippen molar-refractivity contribution in [3.05, 3.63) is 42.1 Å². The number of anilines is 1. The van der Waals surface area contributed by atoms with Crippen molar-refractivity contribution in [3.63, 3.8) is 0 Å². The number of benzene rings is 1. The van der Waals surface area contributed by atoms with Gasteiger partial charge in [-0.2, -0.15) is 0 Å². The van der Waals surface area contributed by atoms with Crippen LogP contribution in [0.3, 0.4) is 0 Å². The molecule has 2 fully saturated rings. The van der Waals surface area contributed by atoms with E-state index < -0.39 is 31.3 Å². The van der Waals surface area contributed by atoms with Crippen LogP contribution in [0.2, 0.25) is 0 Å². The lowest BCUT2D eigenvalue weighted by Crippen LogP contribution is -2.56. The number of unbranched alkanes of at least 4 members (excludes halogenated alkanes) is 1. The van der Waals surface area contributed by atoms with Crippen LogP contribution in [0.1, 0.15) is 36.7 Å². The molecule has 2 aliphatic heterocycles. The largest absolute Gasteiger partial charge is 0.449 e. The average molecular weight is 633 g/mol. The van der Waals surface area contributed by atoms with Gasteiger partial charge in [0, 0.05) is 72.2 Å².